The zero-order valence-corrected chi connectivity index (χ0v) is 14.4. The maximum Gasteiger partial charge on any atom is 0.396 e. The van der Waals surface area contributed by atoms with E-state index in [0.717, 1.165) is 5.56 Å². The number of amides is 1. The SMILES string of the molecule is O=C(O)c1ccc2c(c1)CN(C(=O)CC(c1ccccc1)C(F)(F)F)CC2. The fourth-order valence-corrected chi connectivity index (χ4v) is 3.31. The van der Waals surface area contributed by atoms with Crippen molar-refractivity contribution in [1.82, 2.24) is 4.90 Å². The van der Waals surface area contributed by atoms with Crippen LogP contribution in [0.25, 0.3) is 0 Å². The lowest BCUT2D eigenvalue weighted by molar-refractivity contribution is -0.161. The standard InChI is InChI=1S/C20H18F3NO3/c21-20(22,23)17(14-4-2-1-3-5-14)11-18(25)24-9-8-13-6-7-15(19(26)27)10-16(13)12-24/h1-7,10,17H,8-9,11-12H2,(H,26,27). The third-order valence-electron chi connectivity index (χ3n) is 4.79. The Morgan fingerprint density at radius 1 is 1.07 bits per heavy atom. The molecule has 1 aliphatic rings. The van der Waals surface area contributed by atoms with Crippen LogP contribution in [0, 0.1) is 0 Å². The highest BCUT2D eigenvalue weighted by Gasteiger charge is 2.42. The molecule has 0 radical (unpaired) electrons. The summed E-state index contributed by atoms with van der Waals surface area (Å²) >= 11 is 0. The van der Waals surface area contributed by atoms with Crippen molar-refractivity contribution in [3.63, 3.8) is 0 Å². The van der Waals surface area contributed by atoms with E-state index >= 15 is 0 Å². The minimum absolute atomic E-state index is 0.0592. The number of carboxylic acids is 1. The summed E-state index contributed by atoms with van der Waals surface area (Å²) in [6.07, 6.45) is -4.70. The number of carbonyl (C=O) groups excluding carboxylic acids is 1. The number of halogens is 3. The first-order chi connectivity index (χ1) is 12.8. The second-order valence-corrected chi connectivity index (χ2v) is 6.56. The maximum atomic E-state index is 13.5. The molecule has 0 saturated carbocycles. The molecule has 1 unspecified atom stereocenters. The summed E-state index contributed by atoms with van der Waals surface area (Å²) in [6.45, 7) is 0.437. The number of carbonyl (C=O) groups is 2. The van der Waals surface area contributed by atoms with Crippen LogP contribution in [0.5, 0.6) is 0 Å². The molecule has 2 aromatic carbocycles. The molecule has 0 saturated heterocycles. The molecule has 1 N–H and O–H groups in total. The number of hydrogen-bond acceptors (Lipinski definition) is 2. The lowest BCUT2D eigenvalue weighted by Gasteiger charge is -2.31. The van der Waals surface area contributed by atoms with Gasteiger partial charge in [-0.3, -0.25) is 4.79 Å². The Balaban J connectivity index is 1.78. The van der Waals surface area contributed by atoms with Gasteiger partial charge in [0.15, 0.2) is 0 Å². The molecule has 0 aliphatic carbocycles. The first kappa shape index (κ1) is 18.9. The van der Waals surface area contributed by atoms with Crippen molar-refractivity contribution in [2.45, 2.75) is 31.5 Å². The second kappa shape index (κ2) is 7.42. The molecular weight excluding hydrogens is 359 g/mol. The van der Waals surface area contributed by atoms with Crippen LogP contribution in [-0.4, -0.2) is 34.6 Å². The van der Waals surface area contributed by atoms with Gasteiger partial charge in [-0.15, -0.1) is 0 Å². The van der Waals surface area contributed by atoms with E-state index in [2.05, 4.69) is 0 Å². The number of alkyl halides is 3. The fraction of sp³-hybridized carbons (Fsp3) is 0.300. The summed E-state index contributed by atoms with van der Waals surface area (Å²) in [4.78, 5) is 25.0. The molecule has 142 valence electrons. The van der Waals surface area contributed by atoms with Crippen LogP contribution in [-0.2, 0) is 17.8 Å². The van der Waals surface area contributed by atoms with Gasteiger partial charge in [-0.05, 0) is 35.2 Å². The highest BCUT2D eigenvalue weighted by atomic mass is 19.4. The molecule has 0 fully saturated rings. The zero-order valence-electron chi connectivity index (χ0n) is 14.4. The van der Waals surface area contributed by atoms with Crippen LogP contribution in [0.15, 0.2) is 48.5 Å². The van der Waals surface area contributed by atoms with Gasteiger partial charge in [-0.2, -0.15) is 13.2 Å². The Hall–Kier alpha value is -2.83. The number of fused-ring (bicyclic) bond motifs is 1. The van der Waals surface area contributed by atoms with Gasteiger partial charge in [-0.25, -0.2) is 4.79 Å². The van der Waals surface area contributed by atoms with Crippen molar-refractivity contribution in [3.8, 4) is 0 Å². The Bertz CT molecular complexity index is 849. The Labute approximate surface area is 154 Å². The quantitative estimate of drug-likeness (QED) is 0.876. The molecule has 0 aromatic heterocycles. The van der Waals surface area contributed by atoms with Gasteiger partial charge >= 0.3 is 12.1 Å². The molecule has 2 aromatic rings. The van der Waals surface area contributed by atoms with E-state index in [1.165, 1.54) is 41.3 Å². The Kier molecular flexibility index (Phi) is 5.21. The minimum Gasteiger partial charge on any atom is -0.478 e. The smallest absolute Gasteiger partial charge is 0.396 e. The van der Waals surface area contributed by atoms with E-state index in [1.54, 1.807) is 12.1 Å². The zero-order chi connectivity index (χ0) is 19.6. The number of carboxylic acid groups (broad SMARTS) is 1. The van der Waals surface area contributed by atoms with Crippen LogP contribution in [0.3, 0.4) is 0 Å². The predicted octanol–water partition coefficient (Wildman–Crippen LogP) is 4.01. The number of aromatic carboxylic acids is 1. The van der Waals surface area contributed by atoms with Crippen molar-refractivity contribution in [1.29, 1.82) is 0 Å². The predicted molar refractivity (Wildman–Crippen MR) is 92.4 cm³/mol. The Morgan fingerprint density at radius 3 is 2.41 bits per heavy atom. The lowest BCUT2D eigenvalue weighted by Crippen LogP contribution is -2.38. The number of hydrogen-bond donors (Lipinski definition) is 1. The number of benzene rings is 2. The monoisotopic (exact) mass is 377 g/mol. The van der Waals surface area contributed by atoms with Crippen LogP contribution < -0.4 is 0 Å². The first-order valence-corrected chi connectivity index (χ1v) is 8.50. The van der Waals surface area contributed by atoms with Crippen molar-refractivity contribution in [3.05, 3.63) is 70.8 Å². The third kappa shape index (κ3) is 4.30. The Morgan fingerprint density at radius 2 is 1.78 bits per heavy atom. The topological polar surface area (TPSA) is 57.6 Å². The van der Waals surface area contributed by atoms with Crippen LogP contribution in [0.1, 0.15) is 39.4 Å². The van der Waals surface area contributed by atoms with Crippen molar-refractivity contribution in [2.75, 3.05) is 6.54 Å². The summed E-state index contributed by atoms with van der Waals surface area (Å²) in [6, 6.07) is 12.1. The third-order valence-corrected chi connectivity index (χ3v) is 4.79. The molecule has 0 spiro atoms. The summed E-state index contributed by atoms with van der Waals surface area (Å²) in [7, 11) is 0. The van der Waals surface area contributed by atoms with Gasteiger partial charge in [0.25, 0.3) is 0 Å². The van der Waals surface area contributed by atoms with Gasteiger partial charge in [0.2, 0.25) is 5.91 Å². The summed E-state index contributed by atoms with van der Waals surface area (Å²) in [5.41, 5.74) is 1.74. The van der Waals surface area contributed by atoms with E-state index in [-0.39, 0.29) is 17.7 Å². The highest BCUT2D eigenvalue weighted by Crippen LogP contribution is 2.38. The van der Waals surface area contributed by atoms with Crippen LogP contribution in [0.2, 0.25) is 0 Å². The van der Waals surface area contributed by atoms with Crippen LogP contribution in [0.4, 0.5) is 13.2 Å². The average Bonchev–Trinajstić information content (AvgIpc) is 2.64. The van der Waals surface area contributed by atoms with E-state index in [0.29, 0.717) is 18.5 Å². The van der Waals surface area contributed by atoms with E-state index in [4.69, 9.17) is 5.11 Å². The van der Waals surface area contributed by atoms with Crippen molar-refractivity contribution in [2.24, 2.45) is 0 Å². The molecule has 7 heteroatoms. The van der Waals surface area contributed by atoms with Gasteiger partial charge in [0.05, 0.1) is 11.5 Å². The normalized spacial score (nSPS) is 15.1. The van der Waals surface area contributed by atoms with E-state index in [9.17, 15) is 22.8 Å². The molecule has 1 aliphatic heterocycles. The largest absolute Gasteiger partial charge is 0.478 e. The first-order valence-electron chi connectivity index (χ1n) is 8.50. The molecular formula is C20H18F3NO3. The number of nitrogens with zero attached hydrogens (tertiary/aromatic N) is 1. The van der Waals surface area contributed by atoms with E-state index < -0.39 is 30.4 Å². The average molecular weight is 377 g/mol. The molecule has 27 heavy (non-hydrogen) atoms. The van der Waals surface area contributed by atoms with Crippen molar-refractivity contribution >= 4 is 11.9 Å². The van der Waals surface area contributed by atoms with E-state index in [1.807, 2.05) is 0 Å². The number of rotatable bonds is 4. The molecule has 3 rings (SSSR count). The lowest BCUT2D eigenvalue weighted by atomic mass is 9.93. The molecule has 1 amide bonds. The van der Waals surface area contributed by atoms with Crippen LogP contribution >= 0.6 is 0 Å². The van der Waals surface area contributed by atoms with Gasteiger partial charge < -0.3 is 10.0 Å². The van der Waals surface area contributed by atoms with Crippen molar-refractivity contribution < 1.29 is 27.9 Å². The highest BCUT2D eigenvalue weighted by molar-refractivity contribution is 5.88. The molecule has 1 heterocycles. The van der Waals surface area contributed by atoms with Gasteiger partial charge in [0.1, 0.15) is 0 Å². The van der Waals surface area contributed by atoms with Gasteiger partial charge in [-0.1, -0.05) is 36.4 Å². The molecule has 4 nitrogen and oxygen atoms in total. The summed E-state index contributed by atoms with van der Waals surface area (Å²) in [5.74, 6) is -3.53. The maximum absolute atomic E-state index is 13.5. The van der Waals surface area contributed by atoms with Gasteiger partial charge in [0, 0.05) is 19.5 Å². The fourth-order valence-electron chi connectivity index (χ4n) is 3.31. The summed E-state index contributed by atoms with van der Waals surface area (Å²) < 4.78 is 40.4. The molecule has 0 bridgehead atoms. The second-order valence-electron chi connectivity index (χ2n) is 6.56. The minimum atomic E-state index is -4.53. The summed E-state index contributed by atoms with van der Waals surface area (Å²) in [5, 5.41) is 9.09. The molecule has 1 atom stereocenters.